The second-order valence-electron chi connectivity index (χ2n) is 8.79. The summed E-state index contributed by atoms with van der Waals surface area (Å²) < 4.78 is 16.8. The summed E-state index contributed by atoms with van der Waals surface area (Å²) in [7, 11) is 3.81. The molecule has 1 aromatic heterocycles. The Labute approximate surface area is 198 Å². The topological polar surface area (TPSA) is 71.2 Å². The van der Waals surface area contributed by atoms with E-state index in [-0.39, 0.29) is 6.61 Å². The van der Waals surface area contributed by atoms with Gasteiger partial charge in [0.15, 0.2) is 0 Å². The number of aliphatic hydroxyl groups is 1. The van der Waals surface area contributed by atoms with E-state index in [1.807, 2.05) is 18.2 Å². The third-order valence-electron chi connectivity index (χ3n) is 6.27. The maximum absolute atomic E-state index is 10.6. The Balaban J connectivity index is 1.85. The quantitative estimate of drug-likeness (QED) is 0.338. The molecule has 3 rings (SSSR count). The Morgan fingerprint density at radius 3 is 2.70 bits per heavy atom. The molecule has 182 valence electrons. The monoisotopic (exact) mass is 457 g/mol. The molecule has 0 bridgehead atoms. The first-order chi connectivity index (χ1) is 16.1. The number of hydrogen-bond donors (Lipinski definition) is 1. The van der Waals surface area contributed by atoms with Crippen LogP contribution in [0.2, 0.25) is 0 Å². The lowest BCUT2D eigenvalue weighted by Gasteiger charge is -2.32. The van der Waals surface area contributed by atoms with Gasteiger partial charge >= 0.3 is 0 Å². The van der Waals surface area contributed by atoms with Crippen LogP contribution in [0.25, 0.3) is 11.3 Å². The molecule has 1 N–H and O–H groups in total. The number of benzene rings is 1. The maximum atomic E-state index is 10.6. The number of hydrogen-bond acceptors (Lipinski definition) is 7. The molecule has 1 saturated carbocycles. The second-order valence-corrected chi connectivity index (χ2v) is 8.79. The molecular formula is C26H39N3O4. The van der Waals surface area contributed by atoms with Gasteiger partial charge in [0, 0.05) is 45.4 Å². The predicted octanol–water partition coefficient (Wildman–Crippen LogP) is 4.12. The van der Waals surface area contributed by atoms with Crippen molar-refractivity contribution in [1.82, 2.24) is 10.1 Å². The predicted molar refractivity (Wildman–Crippen MR) is 131 cm³/mol. The maximum Gasteiger partial charge on any atom is 0.232 e. The summed E-state index contributed by atoms with van der Waals surface area (Å²) in [6.07, 6.45) is 7.22. The number of methoxy groups -OCH3 is 1. The summed E-state index contributed by atoms with van der Waals surface area (Å²) in [5.74, 6) is 0.820. The molecule has 1 heterocycles. The van der Waals surface area contributed by atoms with Gasteiger partial charge in [-0.15, -0.1) is 6.58 Å². The SMILES string of the molecule is C=CCOC[C@@H](O)CN(CCOC)Cc1c(-c2ccccc2)noc1N(C)C1CCCCC1. The normalized spacial score (nSPS) is 15.6. The third-order valence-corrected chi connectivity index (χ3v) is 6.27. The van der Waals surface area contributed by atoms with Gasteiger partial charge < -0.3 is 24.0 Å². The first-order valence-electron chi connectivity index (χ1n) is 12.0. The summed E-state index contributed by atoms with van der Waals surface area (Å²) in [6.45, 7) is 6.66. The highest BCUT2D eigenvalue weighted by Gasteiger charge is 2.28. The van der Waals surface area contributed by atoms with Gasteiger partial charge in [-0.2, -0.15) is 0 Å². The van der Waals surface area contributed by atoms with Crippen molar-refractivity contribution in [1.29, 1.82) is 0 Å². The lowest BCUT2D eigenvalue weighted by molar-refractivity contribution is 0.0194. The van der Waals surface area contributed by atoms with Crippen LogP contribution in [0.3, 0.4) is 0 Å². The molecule has 7 nitrogen and oxygen atoms in total. The van der Waals surface area contributed by atoms with E-state index in [4.69, 9.17) is 14.0 Å². The Kier molecular flexibility index (Phi) is 10.4. The zero-order chi connectivity index (χ0) is 23.5. The van der Waals surface area contributed by atoms with Crippen LogP contribution in [0.4, 0.5) is 5.88 Å². The first kappa shape index (κ1) is 25.4. The van der Waals surface area contributed by atoms with E-state index in [9.17, 15) is 5.11 Å². The van der Waals surface area contributed by atoms with Crippen molar-refractivity contribution in [3.8, 4) is 11.3 Å². The Morgan fingerprint density at radius 2 is 2.00 bits per heavy atom. The van der Waals surface area contributed by atoms with Gasteiger partial charge in [-0.25, -0.2) is 0 Å². The molecule has 33 heavy (non-hydrogen) atoms. The van der Waals surface area contributed by atoms with Crippen LogP contribution >= 0.6 is 0 Å². The highest BCUT2D eigenvalue weighted by atomic mass is 16.5. The minimum atomic E-state index is -0.610. The summed E-state index contributed by atoms with van der Waals surface area (Å²) >= 11 is 0. The molecular weight excluding hydrogens is 418 g/mol. The van der Waals surface area contributed by atoms with Gasteiger partial charge in [0.05, 0.1) is 31.5 Å². The van der Waals surface area contributed by atoms with Gasteiger partial charge in [-0.3, -0.25) is 4.90 Å². The fourth-order valence-corrected chi connectivity index (χ4v) is 4.49. The van der Waals surface area contributed by atoms with Crippen molar-refractivity contribution < 1.29 is 19.1 Å². The van der Waals surface area contributed by atoms with Crippen LogP contribution < -0.4 is 4.90 Å². The van der Waals surface area contributed by atoms with E-state index < -0.39 is 6.10 Å². The molecule has 1 aliphatic carbocycles. The summed E-state index contributed by atoms with van der Waals surface area (Å²) in [5.41, 5.74) is 2.93. The van der Waals surface area contributed by atoms with Gasteiger partial charge in [-0.05, 0) is 12.8 Å². The van der Waals surface area contributed by atoms with Crippen molar-refractivity contribution in [3.63, 3.8) is 0 Å². The molecule has 7 heteroatoms. The van der Waals surface area contributed by atoms with Crippen LogP contribution in [-0.2, 0) is 16.0 Å². The molecule has 1 fully saturated rings. The second kappa shape index (κ2) is 13.5. The molecule has 0 unspecified atom stereocenters. The number of anilines is 1. The Morgan fingerprint density at radius 1 is 1.24 bits per heavy atom. The molecule has 1 aromatic carbocycles. The lowest BCUT2D eigenvalue weighted by Crippen LogP contribution is -2.38. The van der Waals surface area contributed by atoms with E-state index in [0.717, 1.165) is 22.7 Å². The average Bonchev–Trinajstić information content (AvgIpc) is 3.26. The summed E-state index contributed by atoms with van der Waals surface area (Å²) in [4.78, 5) is 4.45. The van der Waals surface area contributed by atoms with Crippen LogP contribution in [0.15, 0.2) is 47.5 Å². The Bertz CT molecular complexity index is 820. The molecule has 1 atom stereocenters. The van der Waals surface area contributed by atoms with Crippen molar-refractivity contribution in [3.05, 3.63) is 48.6 Å². The van der Waals surface area contributed by atoms with Crippen LogP contribution in [-0.4, -0.2) is 74.4 Å². The van der Waals surface area contributed by atoms with E-state index >= 15 is 0 Å². The number of ether oxygens (including phenoxy) is 2. The molecule has 0 saturated heterocycles. The Hall–Kier alpha value is -2.19. The molecule has 0 aliphatic heterocycles. The van der Waals surface area contributed by atoms with Crippen molar-refractivity contribution in [2.24, 2.45) is 0 Å². The molecule has 0 spiro atoms. The standard InChI is InChI=1S/C26H39N3O4/c1-4-16-32-20-23(30)18-29(15-17-31-3)19-24-25(21-11-7-5-8-12-21)27-33-26(24)28(2)22-13-9-6-10-14-22/h4-5,7-8,11-12,22-23,30H,1,6,9-10,13-20H2,2-3H3/t23-/m0/s1. The van der Waals surface area contributed by atoms with Crippen LogP contribution in [0, 0.1) is 0 Å². The molecule has 2 aromatic rings. The lowest BCUT2D eigenvalue weighted by atomic mass is 9.94. The zero-order valence-electron chi connectivity index (χ0n) is 20.1. The first-order valence-corrected chi connectivity index (χ1v) is 12.0. The van der Waals surface area contributed by atoms with Gasteiger partial charge in [-0.1, -0.05) is 60.8 Å². The highest BCUT2D eigenvalue weighted by Crippen LogP contribution is 2.35. The minimum absolute atomic E-state index is 0.263. The average molecular weight is 458 g/mol. The zero-order valence-corrected chi connectivity index (χ0v) is 20.1. The fourth-order valence-electron chi connectivity index (χ4n) is 4.49. The van der Waals surface area contributed by atoms with E-state index in [2.05, 4.69) is 40.7 Å². The molecule has 0 radical (unpaired) electrons. The largest absolute Gasteiger partial charge is 0.389 e. The van der Waals surface area contributed by atoms with Crippen molar-refractivity contribution in [2.75, 3.05) is 52.0 Å². The number of aromatic nitrogens is 1. The number of nitrogens with zero attached hydrogens (tertiary/aromatic N) is 3. The summed E-state index contributed by atoms with van der Waals surface area (Å²) in [6, 6.07) is 10.6. The molecule has 1 aliphatic rings. The fraction of sp³-hybridized carbons (Fsp3) is 0.577. The van der Waals surface area contributed by atoms with Gasteiger partial charge in [0.1, 0.15) is 5.69 Å². The van der Waals surface area contributed by atoms with Gasteiger partial charge in [0.2, 0.25) is 5.88 Å². The van der Waals surface area contributed by atoms with Crippen molar-refractivity contribution >= 4 is 5.88 Å². The summed E-state index contributed by atoms with van der Waals surface area (Å²) in [5, 5.41) is 15.1. The number of aliphatic hydroxyl groups excluding tert-OH is 1. The highest BCUT2D eigenvalue weighted by molar-refractivity contribution is 5.68. The van der Waals surface area contributed by atoms with E-state index in [0.29, 0.717) is 38.9 Å². The smallest absolute Gasteiger partial charge is 0.232 e. The van der Waals surface area contributed by atoms with Crippen molar-refractivity contribution in [2.45, 2.75) is 50.8 Å². The van der Waals surface area contributed by atoms with E-state index in [1.165, 1.54) is 32.1 Å². The minimum Gasteiger partial charge on any atom is -0.389 e. The number of rotatable bonds is 14. The van der Waals surface area contributed by atoms with Crippen LogP contribution in [0.5, 0.6) is 0 Å². The third kappa shape index (κ3) is 7.40. The van der Waals surface area contributed by atoms with E-state index in [1.54, 1.807) is 13.2 Å². The molecule has 0 amide bonds. The van der Waals surface area contributed by atoms with Crippen LogP contribution in [0.1, 0.15) is 37.7 Å². The van der Waals surface area contributed by atoms with Gasteiger partial charge in [0.25, 0.3) is 0 Å².